The van der Waals surface area contributed by atoms with Gasteiger partial charge in [-0.2, -0.15) is 0 Å². The molecule has 0 aromatic heterocycles. The predicted octanol–water partition coefficient (Wildman–Crippen LogP) is 3.31. The SMILES string of the molecule is Cc1ccc(N2CCN([C@H]3CC4CCC3C4)CC2)cc1. The van der Waals surface area contributed by atoms with Gasteiger partial charge in [0.1, 0.15) is 0 Å². The first-order chi connectivity index (χ1) is 9.79. The number of piperazine rings is 1. The summed E-state index contributed by atoms with van der Waals surface area (Å²) >= 11 is 0. The van der Waals surface area contributed by atoms with Crippen molar-refractivity contribution in [1.82, 2.24) is 4.90 Å². The smallest absolute Gasteiger partial charge is 0.0367 e. The minimum Gasteiger partial charge on any atom is -0.369 e. The van der Waals surface area contributed by atoms with Crippen LogP contribution in [0.2, 0.25) is 0 Å². The number of hydrogen-bond donors (Lipinski definition) is 0. The number of rotatable bonds is 2. The fourth-order valence-corrected chi connectivity index (χ4v) is 4.73. The van der Waals surface area contributed by atoms with E-state index >= 15 is 0 Å². The van der Waals surface area contributed by atoms with Crippen molar-refractivity contribution in [1.29, 1.82) is 0 Å². The molecule has 0 amide bonds. The van der Waals surface area contributed by atoms with Crippen LogP contribution in [0.1, 0.15) is 31.2 Å². The van der Waals surface area contributed by atoms with Gasteiger partial charge in [-0.1, -0.05) is 24.1 Å². The van der Waals surface area contributed by atoms with Gasteiger partial charge >= 0.3 is 0 Å². The van der Waals surface area contributed by atoms with E-state index in [-0.39, 0.29) is 0 Å². The molecular formula is C18H26N2. The first-order valence-corrected chi connectivity index (χ1v) is 8.35. The quantitative estimate of drug-likeness (QED) is 0.813. The summed E-state index contributed by atoms with van der Waals surface area (Å²) in [5.41, 5.74) is 2.76. The van der Waals surface area contributed by atoms with Gasteiger partial charge in [0.05, 0.1) is 0 Å². The summed E-state index contributed by atoms with van der Waals surface area (Å²) in [6.45, 7) is 7.11. The summed E-state index contributed by atoms with van der Waals surface area (Å²) in [5, 5.41) is 0. The molecule has 2 heteroatoms. The number of fused-ring (bicyclic) bond motifs is 2. The van der Waals surface area contributed by atoms with Gasteiger partial charge < -0.3 is 4.90 Å². The molecule has 1 aromatic rings. The van der Waals surface area contributed by atoms with E-state index in [9.17, 15) is 0 Å². The number of nitrogens with zero attached hydrogens (tertiary/aromatic N) is 2. The number of aryl methyl sites for hydroxylation is 1. The minimum atomic E-state index is 0.925. The Kier molecular flexibility index (Phi) is 3.22. The molecule has 3 fully saturated rings. The zero-order chi connectivity index (χ0) is 13.5. The standard InChI is InChI=1S/C18H26N2/c1-14-2-6-17(7-3-14)19-8-10-20(11-9-19)18-13-15-4-5-16(18)12-15/h2-3,6-7,15-16,18H,4-5,8-13H2,1H3/t15?,16?,18-/m0/s1. The largest absolute Gasteiger partial charge is 0.369 e. The first-order valence-electron chi connectivity index (χ1n) is 8.35. The Hall–Kier alpha value is -1.02. The van der Waals surface area contributed by atoms with Crippen LogP contribution in [0.4, 0.5) is 5.69 Å². The first kappa shape index (κ1) is 12.7. The molecule has 20 heavy (non-hydrogen) atoms. The molecule has 0 radical (unpaired) electrons. The van der Waals surface area contributed by atoms with E-state index in [0.717, 1.165) is 17.9 Å². The van der Waals surface area contributed by atoms with Crippen LogP contribution >= 0.6 is 0 Å². The van der Waals surface area contributed by atoms with Crippen LogP contribution in [0.15, 0.2) is 24.3 Å². The van der Waals surface area contributed by atoms with E-state index in [0.29, 0.717) is 0 Å². The highest BCUT2D eigenvalue weighted by Gasteiger charge is 2.42. The normalized spacial score (nSPS) is 33.9. The van der Waals surface area contributed by atoms with E-state index in [1.807, 2.05) is 0 Å². The molecule has 2 saturated carbocycles. The lowest BCUT2D eigenvalue weighted by Crippen LogP contribution is -2.51. The highest BCUT2D eigenvalue weighted by Crippen LogP contribution is 2.46. The van der Waals surface area contributed by atoms with Gasteiger partial charge in [0.2, 0.25) is 0 Å². The average molecular weight is 270 g/mol. The maximum absolute atomic E-state index is 2.80. The van der Waals surface area contributed by atoms with Crippen LogP contribution < -0.4 is 4.90 Å². The molecule has 4 rings (SSSR count). The molecule has 3 aliphatic rings. The van der Waals surface area contributed by atoms with Crippen LogP contribution in [-0.4, -0.2) is 37.1 Å². The summed E-state index contributed by atoms with van der Waals surface area (Å²) in [6.07, 6.45) is 6.05. The summed E-state index contributed by atoms with van der Waals surface area (Å²) < 4.78 is 0. The fourth-order valence-electron chi connectivity index (χ4n) is 4.73. The van der Waals surface area contributed by atoms with E-state index in [2.05, 4.69) is 41.0 Å². The van der Waals surface area contributed by atoms with Gasteiger partial charge in [0, 0.05) is 37.9 Å². The maximum Gasteiger partial charge on any atom is 0.0367 e. The van der Waals surface area contributed by atoms with E-state index in [4.69, 9.17) is 0 Å². The summed E-state index contributed by atoms with van der Waals surface area (Å²) in [5.74, 6) is 2.10. The van der Waals surface area contributed by atoms with Crippen molar-refractivity contribution in [2.45, 2.75) is 38.6 Å². The Labute approximate surface area is 122 Å². The van der Waals surface area contributed by atoms with Gasteiger partial charge in [-0.25, -0.2) is 0 Å². The van der Waals surface area contributed by atoms with Gasteiger partial charge in [0.25, 0.3) is 0 Å². The number of benzene rings is 1. The summed E-state index contributed by atoms with van der Waals surface area (Å²) in [6, 6.07) is 9.95. The molecular weight excluding hydrogens is 244 g/mol. The van der Waals surface area contributed by atoms with Crippen molar-refractivity contribution in [3.8, 4) is 0 Å². The van der Waals surface area contributed by atoms with Crippen LogP contribution in [0, 0.1) is 18.8 Å². The lowest BCUT2D eigenvalue weighted by molar-refractivity contribution is 0.135. The van der Waals surface area contributed by atoms with Crippen molar-refractivity contribution in [3.63, 3.8) is 0 Å². The average Bonchev–Trinajstić information content (AvgIpc) is 3.11. The highest BCUT2D eigenvalue weighted by molar-refractivity contribution is 5.47. The van der Waals surface area contributed by atoms with Crippen molar-refractivity contribution in [2.24, 2.45) is 11.8 Å². The van der Waals surface area contributed by atoms with Crippen molar-refractivity contribution < 1.29 is 0 Å². The Bertz CT molecular complexity index is 459. The van der Waals surface area contributed by atoms with Crippen LogP contribution in [0.25, 0.3) is 0 Å². The molecule has 1 heterocycles. The summed E-state index contributed by atoms with van der Waals surface area (Å²) in [7, 11) is 0. The second-order valence-corrected chi connectivity index (χ2v) is 7.10. The third-order valence-electron chi connectivity index (χ3n) is 5.88. The molecule has 0 spiro atoms. The molecule has 2 aliphatic carbocycles. The molecule has 0 N–H and O–H groups in total. The molecule has 108 valence electrons. The van der Waals surface area contributed by atoms with Gasteiger partial charge in [0.15, 0.2) is 0 Å². The van der Waals surface area contributed by atoms with E-state index in [1.165, 1.54) is 63.1 Å². The third-order valence-corrected chi connectivity index (χ3v) is 5.88. The molecule has 1 aliphatic heterocycles. The molecule has 2 unspecified atom stereocenters. The van der Waals surface area contributed by atoms with Crippen LogP contribution in [0.5, 0.6) is 0 Å². The lowest BCUT2D eigenvalue weighted by atomic mass is 9.93. The fraction of sp³-hybridized carbons (Fsp3) is 0.667. The summed E-state index contributed by atoms with van der Waals surface area (Å²) in [4.78, 5) is 5.36. The van der Waals surface area contributed by atoms with Crippen molar-refractivity contribution in [3.05, 3.63) is 29.8 Å². The van der Waals surface area contributed by atoms with E-state index < -0.39 is 0 Å². The molecule has 1 saturated heterocycles. The Morgan fingerprint density at radius 2 is 1.65 bits per heavy atom. The molecule has 3 atom stereocenters. The monoisotopic (exact) mass is 270 g/mol. The molecule has 2 nitrogen and oxygen atoms in total. The zero-order valence-corrected chi connectivity index (χ0v) is 12.6. The number of anilines is 1. The van der Waals surface area contributed by atoms with Crippen LogP contribution in [0.3, 0.4) is 0 Å². The molecule has 2 bridgehead atoms. The zero-order valence-electron chi connectivity index (χ0n) is 12.6. The number of hydrogen-bond acceptors (Lipinski definition) is 2. The minimum absolute atomic E-state index is 0.925. The topological polar surface area (TPSA) is 6.48 Å². The van der Waals surface area contributed by atoms with Gasteiger partial charge in [-0.3, -0.25) is 4.90 Å². The Morgan fingerprint density at radius 3 is 2.25 bits per heavy atom. The Balaban J connectivity index is 1.37. The highest BCUT2D eigenvalue weighted by atomic mass is 15.3. The second kappa shape index (κ2) is 5.07. The van der Waals surface area contributed by atoms with Crippen molar-refractivity contribution in [2.75, 3.05) is 31.1 Å². The molecule has 1 aromatic carbocycles. The maximum atomic E-state index is 2.80. The van der Waals surface area contributed by atoms with Gasteiger partial charge in [-0.05, 0) is 50.2 Å². The Morgan fingerprint density at radius 1 is 0.900 bits per heavy atom. The van der Waals surface area contributed by atoms with E-state index in [1.54, 1.807) is 0 Å². The van der Waals surface area contributed by atoms with Crippen molar-refractivity contribution >= 4 is 5.69 Å². The lowest BCUT2D eigenvalue weighted by Gasteiger charge is -2.41. The third kappa shape index (κ3) is 2.24. The van der Waals surface area contributed by atoms with Crippen LogP contribution in [-0.2, 0) is 0 Å². The second-order valence-electron chi connectivity index (χ2n) is 7.10. The van der Waals surface area contributed by atoms with Gasteiger partial charge in [-0.15, -0.1) is 0 Å². The predicted molar refractivity (Wildman–Crippen MR) is 84.2 cm³/mol.